The number of rotatable bonds is 5. The van der Waals surface area contributed by atoms with Crippen LogP contribution in [0.5, 0.6) is 0 Å². The van der Waals surface area contributed by atoms with E-state index in [1.54, 1.807) is 0 Å². The summed E-state index contributed by atoms with van der Waals surface area (Å²) < 4.78 is 23.1. The van der Waals surface area contributed by atoms with E-state index in [0.717, 1.165) is 19.3 Å². The molecule has 2 N–H and O–H groups in total. The second-order valence-corrected chi connectivity index (χ2v) is 7.76. The van der Waals surface area contributed by atoms with Gasteiger partial charge in [0, 0.05) is 24.9 Å². The quantitative estimate of drug-likeness (QED) is 0.775. The highest BCUT2D eigenvalue weighted by atomic mass is 32.2. The molecule has 1 aliphatic carbocycles. The van der Waals surface area contributed by atoms with Crippen molar-refractivity contribution >= 4 is 9.84 Å². The molecule has 0 aromatic rings. The number of aliphatic hydroxyl groups is 1. The first kappa shape index (κ1) is 14.9. The van der Waals surface area contributed by atoms with Gasteiger partial charge < -0.3 is 10.4 Å². The van der Waals surface area contributed by atoms with Gasteiger partial charge in [-0.15, -0.1) is 0 Å². The molecular formula is C12H25NO3S. The van der Waals surface area contributed by atoms with Gasteiger partial charge in [0.25, 0.3) is 0 Å². The highest BCUT2D eigenvalue weighted by Crippen LogP contribution is 2.24. The maximum absolute atomic E-state index is 11.5. The van der Waals surface area contributed by atoms with Gasteiger partial charge in [0.15, 0.2) is 0 Å². The Morgan fingerprint density at radius 1 is 1.35 bits per heavy atom. The minimum Gasteiger partial charge on any atom is -0.396 e. The Balaban J connectivity index is 2.50. The average Bonchev–Trinajstić information content (AvgIpc) is 2.27. The van der Waals surface area contributed by atoms with Crippen molar-refractivity contribution < 1.29 is 13.5 Å². The van der Waals surface area contributed by atoms with Gasteiger partial charge in [0.05, 0.1) is 5.25 Å². The first-order chi connectivity index (χ1) is 7.84. The molecule has 4 nitrogen and oxygen atoms in total. The van der Waals surface area contributed by atoms with Crippen LogP contribution in [-0.4, -0.2) is 43.7 Å². The third kappa shape index (κ3) is 4.56. The van der Waals surface area contributed by atoms with Gasteiger partial charge in [0.1, 0.15) is 9.84 Å². The Morgan fingerprint density at radius 2 is 2.00 bits per heavy atom. The molecule has 0 aromatic heterocycles. The van der Waals surface area contributed by atoms with E-state index in [4.69, 9.17) is 5.11 Å². The van der Waals surface area contributed by atoms with E-state index in [-0.39, 0.29) is 29.9 Å². The lowest BCUT2D eigenvalue weighted by Gasteiger charge is -2.32. The monoisotopic (exact) mass is 263 g/mol. The van der Waals surface area contributed by atoms with Gasteiger partial charge in [-0.3, -0.25) is 0 Å². The summed E-state index contributed by atoms with van der Waals surface area (Å²) in [6, 6.07) is 0.496. The molecular weight excluding hydrogens is 238 g/mol. The van der Waals surface area contributed by atoms with E-state index in [1.807, 2.05) is 13.8 Å². The first-order valence-corrected chi connectivity index (χ1v) is 8.35. The lowest BCUT2D eigenvalue weighted by molar-refractivity contribution is 0.194. The highest BCUT2D eigenvalue weighted by molar-refractivity contribution is 7.91. The molecule has 0 amide bonds. The Labute approximate surface area is 105 Å². The molecule has 1 aliphatic rings. The van der Waals surface area contributed by atoms with Crippen molar-refractivity contribution in [2.45, 2.75) is 56.9 Å². The fourth-order valence-electron chi connectivity index (χ4n) is 2.38. The maximum Gasteiger partial charge on any atom is 0.150 e. The third-order valence-corrected chi connectivity index (χ3v) is 5.51. The maximum atomic E-state index is 11.5. The zero-order valence-corrected chi connectivity index (χ0v) is 11.8. The Morgan fingerprint density at radius 3 is 2.53 bits per heavy atom. The molecule has 0 saturated heterocycles. The lowest BCUT2D eigenvalue weighted by Crippen LogP contribution is -2.45. The molecule has 0 aliphatic heterocycles. The van der Waals surface area contributed by atoms with Crippen LogP contribution < -0.4 is 5.32 Å². The number of aliphatic hydroxyl groups excluding tert-OH is 1. The zero-order chi connectivity index (χ0) is 13.1. The molecule has 1 fully saturated rings. The Bertz CT molecular complexity index is 329. The number of hydrogen-bond donors (Lipinski definition) is 2. The Hall–Kier alpha value is -0.130. The topological polar surface area (TPSA) is 66.4 Å². The van der Waals surface area contributed by atoms with Crippen LogP contribution >= 0.6 is 0 Å². The van der Waals surface area contributed by atoms with E-state index in [9.17, 15) is 8.42 Å². The molecule has 4 atom stereocenters. The summed E-state index contributed by atoms with van der Waals surface area (Å²) in [5.41, 5.74) is 0. The molecule has 4 unspecified atom stereocenters. The molecule has 0 aromatic carbocycles. The van der Waals surface area contributed by atoms with Crippen LogP contribution in [0.2, 0.25) is 0 Å². The van der Waals surface area contributed by atoms with Gasteiger partial charge in [-0.2, -0.15) is 0 Å². The summed E-state index contributed by atoms with van der Waals surface area (Å²) in [6.45, 7) is 4.20. The summed E-state index contributed by atoms with van der Waals surface area (Å²) in [5, 5.41) is 12.3. The summed E-state index contributed by atoms with van der Waals surface area (Å²) in [6.07, 6.45) is 4.84. The van der Waals surface area contributed by atoms with Crippen molar-refractivity contribution in [3.05, 3.63) is 0 Å². The molecule has 102 valence electrons. The van der Waals surface area contributed by atoms with Crippen LogP contribution in [-0.2, 0) is 9.84 Å². The first-order valence-electron chi connectivity index (χ1n) is 6.40. The minimum absolute atomic E-state index is 0.163. The minimum atomic E-state index is -2.91. The van der Waals surface area contributed by atoms with Gasteiger partial charge in [-0.05, 0) is 32.1 Å². The van der Waals surface area contributed by atoms with E-state index in [1.165, 1.54) is 6.26 Å². The van der Waals surface area contributed by atoms with Crippen molar-refractivity contribution in [1.29, 1.82) is 0 Å². The molecule has 5 heteroatoms. The molecule has 1 rings (SSSR count). The SMILES string of the molecule is CC(CO)C(C)NC1CCCC(S(C)(=O)=O)C1. The average molecular weight is 263 g/mol. The van der Waals surface area contributed by atoms with Crippen molar-refractivity contribution in [2.24, 2.45) is 5.92 Å². The van der Waals surface area contributed by atoms with Gasteiger partial charge in [-0.1, -0.05) is 13.3 Å². The lowest BCUT2D eigenvalue weighted by atomic mass is 9.93. The number of nitrogens with one attached hydrogen (secondary N) is 1. The summed E-state index contributed by atoms with van der Waals surface area (Å²) in [7, 11) is -2.91. The smallest absolute Gasteiger partial charge is 0.150 e. The van der Waals surface area contributed by atoms with Gasteiger partial charge in [-0.25, -0.2) is 8.42 Å². The van der Waals surface area contributed by atoms with Crippen molar-refractivity contribution in [2.75, 3.05) is 12.9 Å². The second kappa shape index (κ2) is 6.16. The largest absolute Gasteiger partial charge is 0.396 e. The van der Waals surface area contributed by atoms with E-state index >= 15 is 0 Å². The predicted octanol–water partition coefficient (Wildman–Crippen LogP) is 0.949. The fourth-order valence-corrected chi connectivity index (χ4v) is 3.56. The molecule has 0 heterocycles. The summed E-state index contributed by atoms with van der Waals surface area (Å²) in [5.74, 6) is 0.202. The number of sulfone groups is 1. The molecule has 17 heavy (non-hydrogen) atoms. The van der Waals surface area contributed by atoms with Crippen LogP contribution in [0.15, 0.2) is 0 Å². The standard InChI is InChI=1S/C12H25NO3S/c1-9(8-14)10(2)13-11-5-4-6-12(7-11)17(3,15)16/h9-14H,4-8H2,1-3H3. The van der Waals surface area contributed by atoms with E-state index in [2.05, 4.69) is 5.32 Å². The highest BCUT2D eigenvalue weighted by Gasteiger charge is 2.29. The van der Waals surface area contributed by atoms with Crippen molar-refractivity contribution in [3.8, 4) is 0 Å². The van der Waals surface area contributed by atoms with Crippen LogP contribution in [0, 0.1) is 5.92 Å². The molecule has 0 bridgehead atoms. The van der Waals surface area contributed by atoms with Crippen molar-refractivity contribution in [1.82, 2.24) is 5.32 Å². The van der Waals surface area contributed by atoms with Crippen LogP contribution in [0.3, 0.4) is 0 Å². The zero-order valence-electron chi connectivity index (χ0n) is 11.0. The van der Waals surface area contributed by atoms with Crippen LogP contribution in [0.25, 0.3) is 0 Å². The van der Waals surface area contributed by atoms with Gasteiger partial charge >= 0.3 is 0 Å². The second-order valence-electron chi connectivity index (χ2n) is 5.43. The summed E-state index contributed by atoms with van der Waals surface area (Å²) >= 11 is 0. The third-order valence-electron chi connectivity index (χ3n) is 3.87. The van der Waals surface area contributed by atoms with Gasteiger partial charge in [0.2, 0.25) is 0 Å². The molecule has 0 spiro atoms. The van der Waals surface area contributed by atoms with Crippen LogP contribution in [0.4, 0.5) is 0 Å². The summed E-state index contributed by atoms with van der Waals surface area (Å²) in [4.78, 5) is 0. The van der Waals surface area contributed by atoms with E-state index in [0.29, 0.717) is 6.42 Å². The Kier molecular flexibility index (Phi) is 5.41. The molecule has 0 radical (unpaired) electrons. The fraction of sp³-hybridized carbons (Fsp3) is 1.00. The number of hydrogen-bond acceptors (Lipinski definition) is 4. The van der Waals surface area contributed by atoms with Crippen LogP contribution in [0.1, 0.15) is 39.5 Å². The van der Waals surface area contributed by atoms with Crippen molar-refractivity contribution in [3.63, 3.8) is 0 Å². The molecule has 1 saturated carbocycles. The normalized spacial score (nSPS) is 29.9. The van der Waals surface area contributed by atoms with E-state index < -0.39 is 9.84 Å². The predicted molar refractivity (Wildman–Crippen MR) is 69.7 cm³/mol.